The van der Waals surface area contributed by atoms with E-state index in [4.69, 9.17) is 0 Å². The van der Waals surface area contributed by atoms with Crippen LogP contribution in [0.25, 0.3) is 0 Å². The monoisotopic (exact) mass is 377 g/mol. The number of carbonyl (C=O) groups excluding carboxylic acids is 1. The highest BCUT2D eigenvalue weighted by Crippen LogP contribution is 2.48. The van der Waals surface area contributed by atoms with Crippen molar-refractivity contribution in [3.05, 3.63) is 105 Å². The number of ketones is 1. The maximum Gasteiger partial charge on any atom is 0.317 e. The van der Waals surface area contributed by atoms with Crippen molar-refractivity contribution in [2.45, 2.75) is 18.7 Å². The zero-order valence-electron chi connectivity index (χ0n) is 15.2. The second kappa shape index (κ2) is 6.61. The summed E-state index contributed by atoms with van der Waals surface area (Å²) < 4.78 is 0. The summed E-state index contributed by atoms with van der Waals surface area (Å²) in [7, 11) is 0. The number of benzene rings is 2. The Morgan fingerprint density at radius 1 is 1.21 bits per heavy atom. The highest BCUT2D eigenvalue weighted by molar-refractivity contribution is 6.05. The van der Waals surface area contributed by atoms with E-state index < -0.39 is 16.4 Å². The summed E-state index contributed by atoms with van der Waals surface area (Å²) in [6.07, 6.45) is 1.18. The number of nitro groups is 1. The summed E-state index contributed by atoms with van der Waals surface area (Å²) in [4.78, 5) is 25.7. The molecule has 1 saturated heterocycles. The van der Waals surface area contributed by atoms with Crippen molar-refractivity contribution in [1.82, 2.24) is 10.2 Å². The predicted molar refractivity (Wildman–Crippen MR) is 103 cm³/mol. The minimum atomic E-state index is -1.80. The van der Waals surface area contributed by atoms with Crippen LogP contribution >= 0.6 is 0 Å². The lowest BCUT2D eigenvalue weighted by atomic mass is 9.91. The van der Waals surface area contributed by atoms with Crippen LogP contribution in [0.5, 0.6) is 0 Å². The molecule has 0 bridgehead atoms. The van der Waals surface area contributed by atoms with Crippen molar-refractivity contribution in [3.8, 4) is 0 Å². The molecule has 7 nitrogen and oxygen atoms in total. The van der Waals surface area contributed by atoms with E-state index in [0.717, 1.165) is 0 Å². The maximum absolute atomic E-state index is 12.8. The summed E-state index contributed by atoms with van der Waals surface area (Å²) in [5.41, 5.74) is -1.26. The zero-order valence-corrected chi connectivity index (χ0v) is 15.2. The van der Waals surface area contributed by atoms with Gasteiger partial charge in [-0.1, -0.05) is 60.7 Å². The smallest absolute Gasteiger partial charge is 0.317 e. The van der Waals surface area contributed by atoms with Crippen LogP contribution in [0.2, 0.25) is 0 Å². The average molecular weight is 377 g/mol. The number of hydrogen-bond acceptors (Lipinski definition) is 6. The molecule has 142 valence electrons. The van der Waals surface area contributed by atoms with Crippen molar-refractivity contribution in [2.75, 3.05) is 6.54 Å². The molecule has 2 aromatic rings. The Morgan fingerprint density at radius 3 is 2.43 bits per heavy atom. The molecule has 7 heteroatoms. The predicted octanol–water partition coefficient (Wildman–Crippen LogP) is 2.39. The zero-order chi connectivity index (χ0) is 19.9. The Morgan fingerprint density at radius 2 is 1.82 bits per heavy atom. The van der Waals surface area contributed by atoms with Crippen LogP contribution in [-0.2, 0) is 5.72 Å². The summed E-state index contributed by atoms with van der Waals surface area (Å²) in [5, 5.41) is 26.7. The van der Waals surface area contributed by atoms with Crippen molar-refractivity contribution < 1.29 is 14.8 Å². The fourth-order valence-electron chi connectivity index (χ4n) is 3.80. The lowest BCUT2D eigenvalue weighted by Crippen LogP contribution is -2.42. The van der Waals surface area contributed by atoms with Crippen molar-refractivity contribution in [1.29, 1.82) is 0 Å². The van der Waals surface area contributed by atoms with Crippen LogP contribution in [0.15, 0.2) is 83.8 Å². The highest BCUT2D eigenvalue weighted by atomic mass is 16.6. The highest BCUT2D eigenvalue weighted by Gasteiger charge is 2.57. The van der Waals surface area contributed by atoms with Gasteiger partial charge in [0.15, 0.2) is 17.3 Å². The molecule has 28 heavy (non-hydrogen) atoms. The largest absolute Gasteiger partial charge is 0.363 e. The molecular weight excluding hydrogens is 358 g/mol. The second-order valence-electron chi connectivity index (χ2n) is 6.94. The van der Waals surface area contributed by atoms with E-state index in [0.29, 0.717) is 17.7 Å². The van der Waals surface area contributed by atoms with Crippen LogP contribution < -0.4 is 5.32 Å². The van der Waals surface area contributed by atoms with Crippen LogP contribution in [0.3, 0.4) is 0 Å². The fourth-order valence-corrected chi connectivity index (χ4v) is 3.80. The number of hydrogen-bond donors (Lipinski definition) is 2. The molecule has 2 heterocycles. The van der Waals surface area contributed by atoms with Gasteiger partial charge in [-0.2, -0.15) is 0 Å². The van der Waals surface area contributed by atoms with E-state index in [9.17, 15) is 20.0 Å². The number of nitrogens with one attached hydrogen (secondary N) is 1. The van der Waals surface area contributed by atoms with Gasteiger partial charge in [-0.3, -0.25) is 14.9 Å². The number of aliphatic hydroxyl groups is 1. The molecule has 0 aromatic heterocycles. The molecule has 2 unspecified atom stereocenters. The second-order valence-corrected chi connectivity index (χ2v) is 6.94. The molecule has 0 saturated carbocycles. The van der Waals surface area contributed by atoms with E-state index >= 15 is 0 Å². The van der Waals surface area contributed by atoms with Crippen molar-refractivity contribution in [2.24, 2.45) is 0 Å². The molecule has 0 spiro atoms. The number of rotatable bonds is 4. The molecule has 1 fully saturated rings. The van der Waals surface area contributed by atoms with E-state index in [-0.39, 0.29) is 23.1 Å². The number of carbonyl (C=O) groups is 1. The SMILES string of the molecule is CC1CN2C(=C([N+](=O)[O-])/C(=C\C(=O)c3ccccc3)C2(O)c2ccccc2)N1. The molecule has 2 N–H and O–H groups in total. The third kappa shape index (κ3) is 2.68. The molecule has 0 amide bonds. The Kier molecular flexibility index (Phi) is 4.24. The van der Waals surface area contributed by atoms with E-state index in [1.807, 2.05) is 6.92 Å². The van der Waals surface area contributed by atoms with Crippen molar-refractivity contribution >= 4 is 5.78 Å². The first kappa shape index (κ1) is 17.9. The average Bonchev–Trinajstić information content (AvgIpc) is 3.18. The quantitative estimate of drug-likeness (QED) is 0.368. The molecule has 4 rings (SSSR count). The lowest BCUT2D eigenvalue weighted by molar-refractivity contribution is -0.422. The molecule has 0 radical (unpaired) electrons. The van der Waals surface area contributed by atoms with Gasteiger partial charge in [0.05, 0.1) is 10.5 Å². The minimum Gasteiger partial charge on any atom is -0.363 e. The Balaban J connectivity index is 1.92. The Bertz CT molecular complexity index is 1000. The minimum absolute atomic E-state index is 0.0352. The van der Waals surface area contributed by atoms with Gasteiger partial charge in [-0.05, 0) is 6.92 Å². The number of allylic oxidation sites excluding steroid dienone is 1. The standard InChI is InChI=1S/C21H19N3O4/c1-14-13-23-20(22-14)19(24(27)28)17(12-18(25)15-8-4-2-5-9-15)21(23,26)16-10-6-3-7-11-16/h2-12,14,22,26H,13H2,1H3/b17-12+. The Labute approximate surface area is 161 Å². The van der Waals surface area contributed by atoms with E-state index in [1.165, 1.54) is 6.08 Å². The van der Waals surface area contributed by atoms with Gasteiger partial charge in [-0.25, -0.2) is 0 Å². The Hall–Kier alpha value is -3.45. The van der Waals surface area contributed by atoms with Gasteiger partial charge in [0.1, 0.15) is 0 Å². The molecule has 2 aliphatic rings. The molecule has 2 aliphatic heterocycles. The van der Waals surface area contributed by atoms with Gasteiger partial charge >= 0.3 is 5.70 Å². The molecule has 0 aliphatic carbocycles. The normalized spacial score (nSPS) is 25.0. The summed E-state index contributed by atoms with van der Waals surface area (Å²) in [5.74, 6) is -0.171. The van der Waals surface area contributed by atoms with Gasteiger partial charge in [0.25, 0.3) is 0 Å². The van der Waals surface area contributed by atoms with E-state index in [1.54, 1.807) is 65.6 Å². The topological polar surface area (TPSA) is 95.7 Å². The number of nitrogens with zero attached hydrogens (tertiary/aromatic N) is 2. The van der Waals surface area contributed by atoms with E-state index in [2.05, 4.69) is 5.32 Å². The van der Waals surface area contributed by atoms with Gasteiger partial charge in [0.2, 0.25) is 0 Å². The first-order valence-electron chi connectivity index (χ1n) is 8.95. The fraction of sp³-hybridized carbons (Fsp3) is 0.190. The first-order chi connectivity index (χ1) is 13.4. The van der Waals surface area contributed by atoms with Crippen molar-refractivity contribution in [3.63, 3.8) is 0 Å². The lowest BCUT2D eigenvalue weighted by Gasteiger charge is -2.34. The summed E-state index contributed by atoms with van der Waals surface area (Å²) in [6, 6.07) is 17.1. The molecule has 2 atom stereocenters. The molecule has 2 aromatic carbocycles. The van der Waals surface area contributed by atoms with Crippen LogP contribution in [0.1, 0.15) is 22.8 Å². The van der Waals surface area contributed by atoms with Gasteiger partial charge in [-0.15, -0.1) is 0 Å². The summed E-state index contributed by atoms with van der Waals surface area (Å²) >= 11 is 0. The van der Waals surface area contributed by atoms with Crippen LogP contribution in [0.4, 0.5) is 0 Å². The summed E-state index contributed by atoms with van der Waals surface area (Å²) in [6.45, 7) is 2.25. The molecular formula is C21H19N3O4. The van der Waals surface area contributed by atoms with Gasteiger partial charge in [0, 0.05) is 29.8 Å². The van der Waals surface area contributed by atoms with Crippen LogP contribution in [0, 0.1) is 10.1 Å². The first-order valence-corrected chi connectivity index (χ1v) is 8.95. The third-order valence-corrected chi connectivity index (χ3v) is 5.05. The van der Waals surface area contributed by atoms with Crippen LogP contribution in [-0.4, -0.2) is 33.3 Å². The maximum atomic E-state index is 12.8. The number of fused-ring (bicyclic) bond motifs is 1. The van der Waals surface area contributed by atoms with Gasteiger partial charge < -0.3 is 15.3 Å². The third-order valence-electron chi connectivity index (χ3n) is 5.05.